The first-order valence-electron chi connectivity index (χ1n) is 5.63. The van der Waals surface area contributed by atoms with E-state index in [1.807, 2.05) is 24.4 Å². The molecule has 1 N–H and O–H groups in total. The van der Waals surface area contributed by atoms with Gasteiger partial charge in [0.2, 0.25) is 0 Å². The van der Waals surface area contributed by atoms with Gasteiger partial charge in [0, 0.05) is 22.9 Å². The second kappa shape index (κ2) is 5.36. The first kappa shape index (κ1) is 12.2. The zero-order valence-corrected chi connectivity index (χ0v) is 11.5. The fourth-order valence-electron chi connectivity index (χ4n) is 1.78. The van der Waals surface area contributed by atoms with Crippen LogP contribution in [0.5, 0.6) is 5.75 Å². The minimum absolute atomic E-state index is 0.843. The minimum Gasteiger partial charge on any atom is -0.496 e. The van der Waals surface area contributed by atoms with Crippen molar-refractivity contribution in [2.24, 2.45) is 0 Å². The summed E-state index contributed by atoms with van der Waals surface area (Å²) in [6, 6.07) is 5.88. The quantitative estimate of drug-likeness (QED) is 0.931. The molecule has 0 spiro atoms. The van der Waals surface area contributed by atoms with Crippen molar-refractivity contribution in [3.05, 3.63) is 28.9 Å². The maximum absolute atomic E-state index is 5.40. The number of hydrogen-bond donors (Lipinski definition) is 1. The number of nitrogens with one attached hydrogen (secondary N) is 1. The second-order valence-electron chi connectivity index (χ2n) is 3.76. The first-order chi connectivity index (χ1) is 8.27. The average molecular weight is 295 g/mol. The van der Waals surface area contributed by atoms with Gasteiger partial charge in [-0.05, 0) is 40.5 Å². The highest BCUT2D eigenvalue weighted by Crippen LogP contribution is 2.35. The largest absolute Gasteiger partial charge is 0.496 e. The molecule has 0 radical (unpaired) electrons. The molecule has 0 aliphatic rings. The van der Waals surface area contributed by atoms with E-state index in [0.29, 0.717) is 0 Å². The second-order valence-corrected chi connectivity index (χ2v) is 4.61. The van der Waals surface area contributed by atoms with Crippen molar-refractivity contribution in [3.8, 4) is 5.75 Å². The third-order valence-electron chi connectivity index (χ3n) is 2.59. The number of anilines is 1. The number of methoxy groups -OCH3 is 1. The molecule has 0 aliphatic carbocycles. The molecule has 3 nitrogen and oxygen atoms in total. The number of ether oxygens (including phenoxy) is 1. The van der Waals surface area contributed by atoms with E-state index in [-0.39, 0.29) is 0 Å². The van der Waals surface area contributed by atoms with Crippen LogP contribution in [-0.4, -0.2) is 18.6 Å². The van der Waals surface area contributed by atoms with E-state index in [4.69, 9.17) is 4.74 Å². The number of rotatable bonds is 4. The predicted octanol–water partition coefficient (Wildman–Crippen LogP) is 3.83. The van der Waals surface area contributed by atoms with Gasteiger partial charge in [-0.25, -0.2) is 0 Å². The zero-order valence-electron chi connectivity index (χ0n) is 9.96. The highest BCUT2D eigenvalue weighted by molar-refractivity contribution is 9.10. The standard InChI is InChI=1S/C13H15BrN2O/c1-3-7-15-10-6-8-16-13-9(14)4-5-11(17-2)12(10)13/h4-6,8H,3,7H2,1-2H3,(H,15,16). The van der Waals surface area contributed by atoms with Crippen LogP contribution in [0.4, 0.5) is 5.69 Å². The van der Waals surface area contributed by atoms with E-state index < -0.39 is 0 Å². The topological polar surface area (TPSA) is 34.2 Å². The van der Waals surface area contributed by atoms with E-state index in [9.17, 15) is 0 Å². The van der Waals surface area contributed by atoms with Crippen molar-refractivity contribution in [3.63, 3.8) is 0 Å². The lowest BCUT2D eigenvalue weighted by Gasteiger charge is -2.12. The van der Waals surface area contributed by atoms with Crippen LogP contribution < -0.4 is 10.1 Å². The summed E-state index contributed by atoms with van der Waals surface area (Å²) in [4.78, 5) is 4.39. The monoisotopic (exact) mass is 294 g/mol. The van der Waals surface area contributed by atoms with Crippen LogP contribution in [0, 0.1) is 0 Å². The summed E-state index contributed by atoms with van der Waals surface area (Å²) in [5, 5.41) is 4.42. The third kappa shape index (κ3) is 2.36. The van der Waals surface area contributed by atoms with E-state index in [2.05, 4.69) is 33.2 Å². The maximum atomic E-state index is 5.40. The fraction of sp³-hybridized carbons (Fsp3) is 0.308. The Morgan fingerprint density at radius 1 is 1.35 bits per heavy atom. The minimum atomic E-state index is 0.843. The molecule has 0 saturated heterocycles. The number of halogens is 1. The Kier molecular flexibility index (Phi) is 3.84. The molecular weight excluding hydrogens is 280 g/mol. The molecule has 90 valence electrons. The molecule has 0 unspecified atom stereocenters. The van der Waals surface area contributed by atoms with Crippen molar-refractivity contribution in [2.75, 3.05) is 19.0 Å². The summed E-state index contributed by atoms with van der Waals surface area (Å²) in [5.41, 5.74) is 1.99. The molecule has 1 aromatic heterocycles. The van der Waals surface area contributed by atoms with Gasteiger partial charge in [-0.2, -0.15) is 0 Å². The lowest BCUT2D eigenvalue weighted by molar-refractivity contribution is 0.420. The van der Waals surface area contributed by atoms with Gasteiger partial charge in [-0.1, -0.05) is 6.92 Å². The molecule has 1 aromatic carbocycles. The molecule has 2 rings (SSSR count). The van der Waals surface area contributed by atoms with Crippen LogP contribution >= 0.6 is 15.9 Å². The Bertz CT molecular complexity index is 528. The number of pyridine rings is 1. The van der Waals surface area contributed by atoms with Gasteiger partial charge in [0.05, 0.1) is 18.0 Å². The Morgan fingerprint density at radius 2 is 2.18 bits per heavy atom. The van der Waals surface area contributed by atoms with Crippen molar-refractivity contribution < 1.29 is 4.74 Å². The van der Waals surface area contributed by atoms with Gasteiger partial charge in [0.15, 0.2) is 0 Å². The molecule has 0 saturated carbocycles. The van der Waals surface area contributed by atoms with Gasteiger partial charge >= 0.3 is 0 Å². The molecule has 1 heterocycles. The van der Waals surface area contributed by atoms with Gasteiger partial charge in [-0.3, -0.25) is 4.98 Å². The van der Waals surface area contributed by atoms with Crippen LogP contribution in [0.2, 0.25) is 0 Å². The van der Waals surface area contributed by atoms with E-state index in [1.165, 1.54) is 0 Å². The lowest BCUT2D eigenvalue weighted by atomic mass is 10.1. The smallest absolute Gasteiger partial charge is 0.130 e. The number of aromatic nitrogens is 1. The van der Waals surface area contributed by atoms with Crippen LogP contribution in [0.3, 0.4) is 0 Å². The van der Waals surface area contributed by atoms with Crippen LogP contribution in [0.1, 0.15) is 13.3 Å². The number of hydrogen-bond acceptors (Lipinski definition) is 3. The highest BCUT2D eigenvalue weighted by Gasteiger charge is 2.10. The number of fused-ring (bicyclic) bond motifs is 1. The van der Waals surface area contributed by atoms with Crippen LogP contribution in [0.25, 0.3) is 10.9 Å². The van der Waals surface area contributed by atoms with Crippen molar-refractivity contribution in [1.82, 2.24) is 4.98 Å². The van der Waals surface area contributed by atoms with Gasteiger partial charge in [0.25, 0.3) is 0 Å². The third-order valence-corrected chi connectivity index (χ3v) is 3.23. The Morgan fingerprint density at radius 3 is 2.88 bits per heavy atom. The Labute approximate surface area is 109 Å². The van der Waals surface area contributed by atoms with E-state index >= 15 is 0 Å². The zero-order chi connectivity index (χ0) is 12.3. The molecule has 2 aromatic rings. The molecule has 0 amide bonds. The van der Waals surface area contributed by atoms with Crippen LogP contribution in [0.15, 0.2) is 28.9 Å². The molecule has 0 fully saturated rings. The number of benzene rings is 1. The van der Waals surface area contributed by atoms with Crippen LogP contribution in [-0.2, 0) is 0 Å². The summed E-state index contributed by atoms with van der Waals surface area (Å²) >= 11 is 3.52. The SMILES string of the molecule is CCCNc1ccnc2c(Br)ccc(OC)c12. The van der Waals surface area contributed by atoms with Crippen molar-refractivity contribution >= 4 is 32.5 Å². The fourth-order valence-corrected chi connectivity index (χ4v) is 2.21. The van der Waals surface area contributed by atoms with E-state index in [1.54, 1.807) is 7.11 Å². The molecule has 17 heavy (non-hydrogen) atoms. The molecule has 0 aliphatic heterocycles. The summed E-state index contributed by atoms with van der Waals surface area (Å²) < 4.78 is 6.38. The van der Waals surface area contributed by atoms with Gasteiger partial charge < -0.3 is 10.1 Å². The van der Waals surface area contributed by atoms with Gasteiger partial charge in [0.1, 0.15) is 5.75 Å². The summed E-state index contributed by atoms with van der Waals surface area (Å²) in [6.07, 6.45) is 2.89. The van der Waals surface area contributed by atoms with Crippen molar-refractivity contribution in [2.45, 2.75) is 13.3 Å². The summed E-state index contributed by atoms with van der Waals surface area (Å²) in [7, 11) is 1.68. The normalized spacial score (nSPS) is 10.5. The van der Waals surface area contributed by atoms with Crippen molar-refractivity contribution in [1.29, 1.82) is 0 Å². The highest BCUT2D eigenvalue weighted by atomic mass is 79.9. The lowest BCUT2D eigenvalue weighted by Crippen LogP contribution is -2.01. The van der Waals surface area contributed by atoms with Gasteiger partial charge in [-0.15, -0.1) is 0 Å². The van der Waals surface area contributed by atoms with E-state index in [0.717, 1.165) is 39.8 Å². The maximum Gasteiger partial charge on any atom is 0.130 e. The molecule has 4 heteroatoms. The average Bonchev–Trinajstić information content (AvgIpc) is 2.37. The first-order valence-corrected chi connectivity index (χ1v) is 6.42. The summed E-state index contributed by atoms with van der Waals surface area (Å²) in [5.74, 6) is 0.843. The Hall–Kier alpha value is -1.29. The molecule has 0 atom stereocenters. The predicted molar refractivity (Wildman–Crippen MR) is 74.8 cm³/mol. The molecular formula is C13H15BrN2O. The number of nitrogens with zero attached hydrogens (tertiary/aromatic N) is 1. The molecule has 0 bridgehead atoms. The summed E-state index contributed by atoms with van der Waals surface area (Å²) in [6.45, 7) is 3.08. The Balaban J connectivity index is 2.63.